The Morgan fingerprint density at radius 2 is 2.00 bits per heavy atom. The highest BCUT2D eigenvalue weighted by molar-refractivity contribution is 7.89. The Labute approximate surface area is 125 Å². The molecule has 0 spiro atoms. The molecule has 5 nitrogen and oxygen atoms in total. The number of carboxylic acids is 1. The van der Waals surface area contributed by atoms with Crippen LogP contribution in [0, 0.1) is 5.92 Å². The van der Waals surface area contributed by atoms with Crippen LogP contribution in [0.4, 0.5) is 0 Å². The van der Waals surface area contributed by atoms with Crippen LogP contribution in [0.2, 0.25) is 0 Å². The zero-order valence-corrected chi connectivity index (χ0v) is 13.1. The van der Waals surface area contributed by atoms with Crippen molar-refractivity contribution >= 4 is 16.0 Å². The maximum absolute atomic E-state index is 12.4. The second kappa shape index (κ2) is 6.15. The van der Waals surface area contributed by atoms with Gasteiger partial charge in [-0.2, -0.15) is 4.72 Å². The second-order valence-electron chi connectivity index (χ2n) is 5.61. The van der Waals surface area contributed by atoms with Crippen LogP contribution in [0.5, 0.6) is 0 Å². The third-order valence-electron chi connectivity index (χ3n) is 4.14. The zero-order valence-electron chi connectivity index (χ0n) is 12.3. The second-order valence-corrected chi connectivity index (χ2v) is 7.32. The van der Waals surface area contributed by atoms with E-state index < -0.39 is 22.0 Å². The van der Waals surface area contributed by atoms with Gasteiger partial charge < -0.3 is 5.11 Å². The number of carbonyl (C=O) groups is 1. The van der Waals surface area contributed by atoms with Gasteiger partial charge in [0.15, 0.2) is 0 Å². The molecular weight excluding hydrogens is 290 g/mol. The third-order valence-corrected chi connectivity index (χ3v) is 5.58. The van der Waals surface area contributed by atoms with Gasteiger partial charge in [-0.25, -0.2) is 8.42 Å². The minimum absolute atomic E-state index is 0.151. The van der Waals surface area contributed by atoms with Gasteiger partial charge in [-0.3, -0.25) is 4.79 Å². The molecule has 2 atom stereocenters. The van der Waals surface area contributed by atoms with E-state index in [4.69, 9.17) is 0 Å². The van der Waals surface area contributed by atoms with Crippen LogP contribution < -0.4 is 4.72 Å². The monoisotopic (exact) mass is 311 g/mol. The van der Waals surface area contributed by atoms with Crippen molar-refractivity contribution in [1.29, 1.82) is 0 Å². The molecule has 0 saturated heterocycles. The summed E-state index contributed by atoms with van der Waals surface area (Å²) in [6.07, 6.45) is 3.49. The summed E-state index contributed by atoms with van der Waals surface area (Å²) in [6.45, 7) is 3.56. The van der Waals surface area contributed by atoms with Gasteiger partial charge in [0.05, 0.1) is 4.90 Å². The molecule has 0 radical (unpaired) electrons. The SMILES string of the molecule is CCC(C)[C@H](NS(=O)(=O)c1ccc2c(c1)CCC2)C(=O)O. The van der Waals surface area contributed by atoms with E-state index in [1.807, 2.05) is 13.0 Å². The molecule has 1 aromatic rings. The molecule has 1 unspecified atom stereocenters. The minimum Gasteiger partial charge on any atom is -0.480 e. The average Bonchev–Trinajstić information content (AvgIpc) is 2.91. The van der Waals surface area contributed by atoms with Crippen LogP contribution in [0.3, 0.4) is 0 Å². The summed E-state index contributed by atoms with van der Waals surface area (Å²) in [4.78, 5) is 11.4. The number of aliphatic carboxylic acids is 1. The Bertz CT molecular complexity index is 639. The van der Waals surface area contributed by atoms with Crippen molar-refractivity contribution in [3.63, 3.8) is 0 Å². The molecule has 0 heterocycles. The molecule has 1 aromatic carbocycles. The number of aryl methyl sites for hydroxylation is 2. The van der Waals surface area contributed by atoms with Crippen molar-refractivity contribution in [2.45, 2.75) is 50.5 Å². The molecule has 6 heteroatoms. The Morgan fingerprint density at radius 3 is 2.62 bits per heavy atom. The highest BCUT2D eigenvalue weighted by Crippen LogP contribution is 2.25. The van der Waals surface area contributed by atoms with Gasteiger partial charge >= 0.3 is 5.97 Å². The predicted octanol–water partition coefficient (Wildman–Crippen LogP) is 1.95. The smallest absolute Gasteiger partial charge is 0.322 e. The van der Waals surface area contributed by atoms with E-state index >= 15 is 0 Å². The van der Waals surface area contributed by atoms with Crippen LogP contribution in [0.15, 0.2) is 23.1 Å². The lowest BCUT2D eigenvalue weighted by Crippen LogP contribution is -2.44. The van der Waals surface area contributed by atoms with E-state index in [0.29, 0.717) is 6.42 Å². The molecule has 0 aromatic heterocycles. The molecule has 0 bridgehead atoms. The van der Waals surface area contributed by atoms with E-state index in [1.165, 1.54) is 5.56 Å². The Hall–Kier alpha value is -1.40. The minimum atomic E-state index is -3.81. The number of nitrogens with one attached hydrogen (secondary N) is 1. The van der Waals surface area contributed by atoms with E-state index in [-0.39, 0.29) is 10.8 Å². The summed E-state index contributed by atoms with van der Waals surface area (Å²) in [6, 6.07) is 3.95. The average molecular weight is 311 g/mol. The summed E-state index contributed by atoms with van der Waals surface area (Å²) in [7, 11) is -3.81. The van der Waals surface area contributed by atoms with E-state index in [9.17, 15) is 18.3 Å². The zero-order chi connectivity index (χ0) is 15.6. The van der Waals surface area contributed by atoms with E-state index in [2.05, 4.69) is 4.72 Å². The molecule has 2 rings (SSSR count). The molecule has 0 aliphatic heterocycles. The lowest BCUT2D eigenvalue weighted by molar-refractivity contribution is -0.140. The first-order valence-electron chi connectivity index (χ1n) is 7.22. The first-order chi connectivity index (χ1) is 9.85. The van der Waals surface area contributed by atoms with Crippen LogP contribution in [-0.2, 0) is 27.7 Å². The first-order valence-corrected chi connectivity index (χ1v) is 8.70. The summed E-state index contributed by atoms with van der Waals surface area (Å²) in [5, 5.41) is 9.21. The molecule has 116 valence electrons. The normalized spacial score (nSPS) is 17.2. The largest absolute Gasteiger partial charge is 0.480 e. The van der Waals surface area contributed by atoms with Crippen molar-refractivity contribution in [2.24, 2.45) is 5.92 Å². The Morgan fingerprint density at radius 1 is 1.33 bits per heavy atom. The third kappa shape index (κ3) is 3.44. The molecule has 1 aliphatic carbocycles. The van der Waals surface area contributed by atoms with Crippen LogP contribution in [0.25, 0.3) is 0 Å². The highest BCUT2D eigenvalue weighted by atomic mass is 32.2. The molecule has 1 aliphatic rings. The quantitative estimate of drug-likeness (QED) is 0.841. The fourth-order valence-electron chi connectivity index (χ4n) is 2.60. The fraction of sp³-hybridized carbons (Fsp3) is 0.533. The van der Waals surface area contributed by atoms with Gasteiger partial charge in [-0.1, -0.05) is 26.3 Å². The predicted molar refractivity (Wildman–Crippen MR) is 79.7 cm³/mol. The van der Waals surface area contributed by atoms with Crippen molar-refractivity contribution in [3.8, 4) is 0 Å². The highest BCUT2D eigenvalue weighted by Gasteiger charge is 2.29. The number of sulfonamides is 1. The van der Waals surface area contributed by atoms with Crippen molar-refractivity contribution in [1.82, 2.24) is 4.72 Å². The Kier molecular flexibility index (Phi) is 4.68. The number of carboxylic acid groups (broad SMARTS) is 1. The number of benzene rings is 1. The lowest BCUT2D eigenvalue weighted by Gasteiger charge is -2.20. The maximum atomic E-state index is 12.4. The molecule has 2 N–H and O–H groups in total. The van der Waals surface area contributed by atoms with Gasteiger partial charge in [-0.05, 0) is 48.4 Å². The molecule has 21 heavy (non-hydrogen) atoms. The van der Waals surface area contributed by atoms with Gasteiger partial charge in [0.25, 0.3) is 0 Å². The number of rotatable bonds is 6. The standard InChI is InChI=1S/C15H21NO4S/c1-3-10(2)14(15(17)18)16-21(19,20)13-8-7-11-5-4-6-12(11)9-13/h7-10,14,16H,3-6H2,1-2H3,(H,17,18)/t10?,14-/m0/s1. The molecule has 0 saturated carbocycles. The summed E-state index contributed by atoms with van der Waals surface area (Å²) in [5.41, 5.74) is 2.24. The van der Waals surface area contributed by atoms with E-state index in [1.54, 1.807) is 19.1 Å². The molecule has 0 amide bonds. The lowest BCUT2D eigenvalue weighted by atomic mass is 10.0. The molecule has 0 fully saturated rings. The first kappa shape index (κ1) is 16.0. The summed E-state index contributed by atoms with van der Waals surface area (Å²) < 4.78 is 27.1. The van der Waals surface area contributed by atoms with Crippen LogP contribution in [0.1, 0.15) is 37.8 Å². The fourth-order valence-corrected chi connectivity index (χ4v) is 3.94. The number of hydrogen-bond acceptors (Lipinski definition) is 3. The number of fused-ring (bicyclic) bond motifs is 1. The number of hydrogen-bond donors (Lipinski definition) is 2. The van der Waals surface area contributed by atoms with Gasteiger partial charge in [0, 0.05) is 0 Å². The van der Waals surface area contributed by atoms with Crippen LogP contribution >= 0.6 is 0 Å². The van der Waals surface area contributed by atoms with Crippen molar-refractivity contribution < 1.29 is 18.3 Å². The topological polar surface area (TPSA) is 83.5 Å². The maximum Gasteiger partial charge on any atom is 0.322 e. The summed E-state index contributed by atoms with van der Waals surface area (Å²) >= 11 is 0. The Balaban J connectivity index is 2.27. The van der Waals surface area contributed by atoms with Gasteiger partial charge in [0.1, 0.15) is 6.04 Å². The van der Waals surface area contributed by atoms with Crippen LogP contribution in [-0.4, -0.2) is 25.5 Å². The van der Waals surface area contributed by atoms with Crippen molar-refractivity contribution in [3.05, 3.63) is 29.3 Å². The van der Waals surface area contributed by atoms with Gasteiger partial charge in [0.2, 0.25) is 10.0 Å². The summed E-state index contributed by atoms with van der Waals surface area (Å²) in [5.74, 6) is -1.42. The van der Waals surface area contributed by atoms with E-state index in [0.717, 1.165) is 24.8 Å². The van der Waals surface area contributed by atoms with Gasteiger partial charge in [-0.15, -0.1) is 0 Å². The molecular formula is C15H21NO4S. The van der Waals surface area contributed by atoms with Crippen molar-refractivity contribution in [2.75, 3.05) is 0 Å².